The number of carbonyl (C=O) groups is 2. The molecule has 0 aliphatic heterocycles. The number of hydrogen-bond donors (Lipinski definition) is 2. The summed E-state index contributed by atoms with van der Waals surface area (Å²) >= 11 is 0. The fraction of sp³-hybridized carbons (Fsp3) is 0.240. The first-order chi connectivity index (χ1) is 14.9. The minimum absolute atomic E-state index is 0.240. The van der Waals surface area contributed by atoms with E-state index >= 15 is 0 Å². The SMILES string of the molecule is CCN(C#N)C(=O)C(Cc1ccc2ccccc2c1)NC(=O)Nc1c(C)cccc1C. The quantitative estimate of drug-likeness (QED) is 0.459. The topological polar surface area (TPSA) is 85.2 Å². The summed E-state index contributed by atoms with van der Waals surface area (Å²) < 4.78 is 0. The number of para-hydroxylation sites is 1. The number of benzene rings is 3. The average molecular weight is 415 g/mol. The van der Waals surface area contributed by atoms with Crippen LogP contribution in [0.15, 0.2) is 60.7 Å². The van der Waals surface area contributed by atoms with Crippen molar-refractivity contribution in [2.75, 3.05) is 11.9 Å². The molecule has 0 aromatic heterocycles. The van der Waals surface area contributed by atoms with E-state index in [1.807, 2.05) is 80.7 Å². The first-order valence-corrected chi connectivity index (χ1v) is 10.3. The van der Waals surface area contributed by atoms with Gasteiger partial charge < -0.3 is 10.6 Å². The third-order valence-corrected chi connectivity index (χ3v) is 5.28. The minimum Gasteiger partial charge on any atom is -0.326 e. The second-order valence-electron chi connectivity index (χ2n) is 7.49. The van der Waals surface area contributed by atoms with Crippen LogP contribution < -0.4 is 10.6 Å². The van der Waals surface area contributed by atoms with Crippen LogP contribution >= 0.6 is 0 Å². The van der Waals surface area contributed by atoms with E-state index in [0.717, 1.165) is 32.4 Å². The number of nitriles is 1. The predicted octanol–water partition coefficient (Wildman–Crippen LogP) is 4.52. The number of hydrogen-bond acceptors (Lipinski definition) is 3. The lowest BCUT2D eigenvalue weighted by atomic mass is 10.0. The van der Waals surface area contributed by atoms with Crippen molar-refractivity contribution in [3.8, 4) is 6.19 Å². The molecule has 31 heavy (non-hydrogen) atoms. The van der Waals surface area contributed by atoms with Gasteiger partial charge in [0.1, 0.15) is 6.04 Å². The molecule has 3 rings (SSSR count). The van der Waals surface area contributed by atoms with Crippen LogP contribution in [0.2, 0.25) is 0 Å². The lowest BCUT2D eigenvalue weighted by Crippen LogP contribution is -2.49. The van der Waals surface area contributed by atoms with Crippen LogP contribution in [0.5, 0.6) is 0 Å². The van der Waals surface area contributed by atoms with E-state index in [2.05, 4.69) is 10.6 Å². The molecule has 0 radical (unpaired) electrons. The molecule has 1 atom stereocenters. The number of rotatable bonds is 6. The highest BCUT2D eigenvalue weighted by Gasteiger charge is 2.26. The van der Waals surface area contributed by atoms with Gasteiger partial charge in [-0.3, -0.25) is 4.79 Å². The molecule has 2 N–H and O–H groups in total. The number of urea groups is 1. The van der Waals surface area contributed by atoms with E-state index in [1.165, 1.54) is 0 Å². The third-order valence-electron chi connectivity index (χ3n) is 5.28. The largest absolute Gasteiger partial charge is 0.326 e. The van der Waals surface area contributed by atoms with E-state index in [1.54, 1.807) is 6.92 Å². The van der Waals surface area contributed by atoms with Crippen LogP contribution in [0, 0.1) is 25.3 Å². The molecule has 0 aliphatic carbocycles. The molecular formula is C25H26N4O2. The molecule has 0 saturated carbocycles. The van der Waals surface area contributed by atoms with Crippen molar-refractivity contribution in [1.29, 1.82) is 5.26 Å². The molecule has 158 valence electrons. The van der Waals surface area contributed by atoms with Crippen molar-refractivity contribution >= 4 is 28.4 Å². The highest BCUT2D eigenvalue weighted by molar-refractivity contribution is 5.95. The van der Waals surface area contributed by atoms with Crippen molar-refractivity contribution in [3.63, 3.8) is 0 Å². The fourth-order valence-electron chi connectivity index (χ4n) is 3.58. The standard InChI is InChI=1S/C25H26N4O2/c1-4-29(16-26)24(30)22(15-19-12-13-20-10-5-6-11-21(20)14-19)27-25(31)28-23-17(2)8-7-9-18(23)3/h5-14,22H,4,15H2,1-3H3,(H2,27,28,31). The summed E-state index contributed by atoms with van der Waals surface area (Å²) in [5.41, 5.74) is 3.47. The Balaban J connectivity index is 1.84. The highest BCUT2D eigenvalue weighted by atomic mass is 16.2. The van der Waals surface area contributed by atoms with Gasteiger partial charge in [0, 0.05) is 18.7 Å². The summed E-state index contributed by atoms with van der Waals surface area (Å²) in [6, 6.07) is 18.3. The number of nitrogens with one attached hydrogen (secondary N) is 2. The van der Waals surface area contributed by atoms with Crippen molar-refractivity contribution in [1.82, 2.24) is 10.2 Å². The van der Waals surface area contributed by atoms with Crippen LogP contribution in [-0.2, 0) is 11.2 Å². The second kappa shape index (κ2) is 9.77. The summed E-state index contributed by atoms with van der Waals surface area (Å²) in [5.74, 6) is -0.435. The number of aryl methyl sites for hydroxylation is 2. The molecule has 3 aromatic rings. The summed E-state index contributed by atoms with van der Waals surface area (Å²) in [7, 11) is 0. The van der Waals surface area contributed by atoms with E-state index in [9.17, 15) is 14.9 Å². The summed E-state index contributed by atoms with van der Waals surface area (Å²) in [5, 5.41) is 17.1. The van der Waals surface area contributed by atoms with Crippen LogP contribution in [0.3, 0.4) is 0 Å². The van der Waals surface area contributed by atoms with Crippen LogP contribution in [0.1, 0.15) is 23.6 Å². The normalized spacial score (nSPS) is 11.4. The number of likely N-dealkylation sites (N-methyl/N-ethyl adjacent to an activating group) is 1. The van der Waals surface area contributed by atoms with Crippen LogP contribution in [0.4, 0.5) is 10.5 Å². The Morgan fingerprint density at radius 2 is 1.68 bits per heavy atom. The minimum atomic E-state index is -0.870. The van der Waals surface area contributed by atoms with E-state index in [0.29, 0.717) is 5.69 Å². The molecule has 3 amide bonds. The Morgan fingerprint density at radius 1 is 1.00 bits per heavy atom. The van der Waals surface area contributed by atoms with Crippen LogP contribution in [-0.4, -0.2) is 29.4 Å². The molecule has 3 aromatic carbocycles. The zero-order chi connectivity index (χ0) is 22.4. The maximum absolute atomic E-state index is 13.0. The van der Waals surface area contributed by atoms with Gasteiger partial charge in [-0.1, -0.05) is 60.7 Å². The molecule has 0 aliphatic rings. The van der Waals surface area contributed by atoms with Crippen molar-refractivity contribution in [2.24, 2.45) is 0 Å². The Kier molecular flexibility index (Phi) is 6.88. The van der Waals surface area contributed by atoms with Crippen molar-refractivity contribution in [2.45, 2.75) is 33.2 Å². The van der Waals surface area contributed by atoms with Gasteiger partial charge in [0.2, 0.25) is 0 Å². The Labute approximate surface area is 182 Å². The number of carbonyl (C=O) groups excluding carboxylic acids is 2. The first kappa shape index (κ1) is 21.8. The van der Waals surface area contributed by atoms with Gasteiger partial charge in [-0.15, -0.1) is 0 Å². The molecule has 0 heterocycles. The molecule has 0 spiro atoms. The molecule has 6 nitrogen and oxygen atoms in total. The van der Waals surface area contributed by atoms with Crippen LogP contribution in [0.25, 0.3) is 10.8 Å². The Hall–Kier alpha value is -3.85. The number of anilines is 1. The summed E-state index contributed by atoms with van der Waals surface area (Å²) in [4.78, 5) is 26.8. The lowest BCUT2D eigenvalue weighted by Gasteiger charge is -2.22. The van der Waals surface area contributed by atoms with Crippen molar-refractivity contribution < 1.29 is 9.59 Å². The molecule has 0 bridgehead atoms. The molecular weight excluding hydrogens is 388 g/mol. The predicted molar refractivity (Wildman–Crippen MR) is 123 cm³/mol. The van der Waals surface area contributed by atoms with E-state index < -0.39 is 18.0 Å². The number of amides is 3. The maximum atomic E-state index is 13.0. The molecule has 6 heteroatoms. The van der Waals surface area contributed by atoms with Gasteiger partial charge in [0.05, 0.1) is 0 Å². The number of nitrogens with zero attached hydrogens (tertiary/aromatic N) is 2. The second-order valence-corrected chi connectivity index (χ2v) is 7.49. The maximum Gasteiger partial charge on any atom is 0.319 e. The summed E-state index contributed by atoms with van der Waals surface area (Å²) in [6.07, 6.45) is 2.18. The van der Waals surface area contributed by atoms with Gasteiger partial charge in [-0.05, 0) is 48.2 Å². The third kappa shape index (κ3) is 5.20. The fourth-order valence-corrected chi connectivity index (χ4v) is 3.58. The van der Waals surface area contributed by atoms with Gasteiger partial charge >= 0.3 is 6.03 Å². The molecule has 1 unspecified atom stereocenters. The monoisotopic (exact) mass is 414 g/mol. The Morgan fingerprint density at radius 3 is 2.32 bits per heavy atom. The number of fused-ring (bicyclic) bond motifs is 1. The van der Waals surface area contributed by atoms with Crippen molar-refractivity contribution in [3.05, 3.63) is 77.4 Å². The van der Waals surface area contributed by atoms with Gasteiger partial charge in [0.25, 0.3) is 5.91 Å². The Bertz CT molecular complexity index is 1130. The van der Waals surface area contributed by atoms with E-state index in [4.69, 9.17) is 0 Å². The highest BCUT2D eigenvalue weighted by Crippen LogP contribution is 2.20. The zero-order valence-corrected chi connectivity index (χ0v) is 18.0. The van der Waals surface area contributed by atoms with E-state index in [-0.39, 0.29) is 13.0 Å². The summed E-state index contributed by atoms with van der Waals surface area (Å²) in [6.45, 7) is 5.79. The van der Waals surface area contributed by atoms with Gasteiger partial charge in [-0.2, -0.15) is 5.26 Å². The zero-order valence-electron chi connectivity index (χ0n) is 18.0. The average Bonchev–Trinajstić information content (AvgIpc) is 2.76. The van der Waals surface area contributed by atoms with Gasteiger partial charge in [0.15, 0.2) is 6.19 Å². The lowest BCUT2D eigenvalue weighted by molar-refractivity contribution is -0.129. The molecule has 0 saturated heterocycles. The smallest absolute Gasteiger partial charge is 0.319 e. The van der Waals surface area contributed by atoms with Gasteiger partial charge in [-0.25, -0.2) is 9.69 Å². The first-order valence-electron chi connectivity index (χ1n) is 10.3. The molecule has 0 fully saturated rings.